The normalized spacial score (nSPS) is 15.2. The second-order valence-electron chi connectivity index (χ2n) is 6.74. The second-order valence-corrected chi connectivity index (χ2v) is 9.30. The summed E-state index contributed by atoms with van der Waals surface area (Å²) in [6, 6.07) is 12.1. The molecule has 0 saturated carbocycles. The van der Waals surface area contributed by atoms with Crippen molar-refractivity contribution >= 4 is 56.1 Å². The Morgan fingerprint density at radius 2 is 1.56 bits per heavy atom. The first-order valence-corrected chi connectivity index (χ1v) is 11.4. The predicted molar refractivity (Wildman–Crippen MR) is 119 cm³/mol. The Hall–Kier alpha value is -3.48. The van der Waals surface area contributed by atoms with E-state index >= 15 is 0 Å². The number of hydrogen-bond acceptors (Lipinski definition) is 7. The monoisotopic (exact) mass is 474 g/mol. The van der Waals surface area contributed by atoms with Gasteiger partial charge in [-0.15, -0.1) is 0 Å². The van der Waals surface area contributed by atoms with Crippen LogP contribution in [0.15, 0.2) is 64.4 Å². The molecule has 1 heterocycles. The molecule has 4 N–H and O–H groups in total. The van der Waals surface area contributed by atoms with Gasteiger partial charge in [-0.2, -0.15) is 0 Å². The third kappa shape index (κ3) is 5.81. The van der Waals surface area contributed by atoms with Gasteiger partial charge in [-0.1, -0.05) is 17.7 Å². The number of benzene rings is 2. The summed E-state index contributed by atoms with van der Waals surface area (Å²) in [7, 11) is -3.87. The molecule has 4 amide bonds. The van der Waals surface area contributed by atoms with Crippen LogP contribution in [-0.2, 0) is 24.4 Å². The van der Waals surface area contributed by atoms with Crippen molar-refractivity contribution in [1.82, 2.24) is 4.90 Å². The lowest BCUT2D eigenvalue weighted by Gasteiger charge is -2.12. The van der Waals surface area contributed by atoms with Gasteiger partial charge >= 0.3 is 0 Å². The number of sulfonamides is 1. The first kappa shape index (κ1) is 23.2. The Bertz CT molecular complexity index is 1220. The van der Waals surface area contributed by atoms with E-state index in [9.17, 15) is 27.6 Å². The van der Waals surface area contributed by atoms with Gasteiger partial charge in [-0.05, 0) is 55.1 Å². The number of amides is 4. The number of nitrogens with two attached hydrogens (primary N) is 1. The SMILES string of the molecule is Cc1ccc(NC(=O)/C=C2/SC(=O)N(CC(=O)Nc3ccc(S(N)(=O)=O)cc3)C2=O)cc1. The summed E-state index contributed by atoms with van der Waals surface area (Å²) in [5.41, 5.74) is 1.80. The maximum Gasteiger partial charge on any atom is 0.294 e. The van der Waals surface area contributed by atoms with Crippen LogP contribution >= 0.6 is 11.8 Å². The minimum absolute atomic E-state index is 0.107. The molecule has 0 aliphatic carbocycles. The van der Waals surface area contributed by atoms with E-state index in [0.717, 1.165) is 11.6 Å². The number of rotatable bonds is 6. The van der Waals surface area contributed by atoms with Crippen LogP contribution in [0.2, 0.25) is 0 Å². The minimum atomic E-state index is -3.87. The van der Waals surface area contributed by atoms with E-state index in [1.54, 1.807) is 12.1 Å². The van der Waals surface area contributed by atoms with E-state index in [1.807, 2.05) is 19.1 Å². The van der Waals surface area contributed by atoms with Crippen molar-refractivity contribution in [3.63, 3.8) is 0 Å². The largest absolute Gasteiger partial charge is 0.325 e. The molecule has 0 spiro atoms. The number of nitrogens with zero attached hydrogens (tertiary/aromatic N) is 1. The average molecular weight is 475 g/mol. The molecule has 3 rings (SSSR count). The Kier molecular flexibility index (Phi) is 6.77. The molecule has 32 heavy (non-hydrogen) atoms. The smallest absolute Gasteiger partial charge is 0.294 e. The Morgan fingerprint density at radius 3 is 2.16 bits per heavy atom. The summed E-state index contributed by atoms with van der Waals surface area (Å²) in [5.74, 6) is -2.03. The molecule has 0 unspecified atom stereocenters. The summed E-state index contributed by atoms with van der Waals surface area (Å²) in [6.45, 7) is 1.33. The third-order valence-electron chi connectivity index (χ3n) is 4.22. The number of imide groups is 1. The molecule has 0 aromatic heterocycles. The Balaban J connectivity index is 1.61. The van der Waals surface area contributed by atoms with Gasteiger partial charge < -0.3 is 10.6 Å². The minimum Gasteiger partial charge on any atom is -0.325 e. The molecule has 1 fully saturated rings. The van der Waals surface area contributed by atoms with Crippen LogP contribution in [0.1, 0.15) is 5.56 Å². The number of primary sulfonamides is 1. The van der Waals surface area contributed by atoms with Crippen molar-refractivity contribution < 1.29 is 27.6 Å². The molecule has 12 heteroatoms. The maximum absolute atomic E-state index is 12.5. The third-order valence-corrected chi connectivity index (χ3v) is 6.06. The number of hydrogen-bond donors (Lipinski definition) is 3. The van der Waals surface area contributed by atoms with E-state index < -0.39 is 39.5 Å². The molecule has 1 aliphatic heterocycles. The van der Waals surface area contributed by atoms with Gasteiger partial charge in [0.2, 0.25) is 21.8 Å². The molecule has 1 saturated heterocycles. The van der Waals surface area contributed by atoms with E-state index in [1.165, 1.54) is 24.3 Å². The summed E-state index contributed by atoms with van der Waals surface area (Å²) in [6.07, 6.45) is 1.01. The lowest BCUT2D eigenvalue weighted by molar-refractivity contribution is -0.127. The van der Waals surface area contributed by atoms with Crippen molar-refractivity contribution in [2.24, 2.45) is 5.14 Å². The second kappa shape index (κ2) is 9.34. The molecular formula is C20H18N4O6S2. The first-order valence-electron chi connectivity index (χ1n) is 9.08. The zero-order valence-electron chi connectivity index (χ0n) is 16.7. The number of thioether (sulfide) groups is 1. The first-order chi connectivity index (χ1) is 15.0. The maximum atomic E-state index is 12.5. The fraction of sp³-hybridized carbons (Fsp3) is 0.100. The Labute approximate surface area is 187 Å². The van der Waals surface area contributed by atoms with Gasteiger partial charge in [0.15, 0.2) is 0 Å². The molecule has 0 bridgehead atoms. The van der Waals surface area contributed by atoms with Gasteiger partial charge in [-0.25, -0.2) is 13.6 Å². The Morgan fingerprint density at radius 1 is 1.00 bits per heavy atom. The highest BCUT2D eigenvalue weighted by molar-refractivity contribution is 8.18. The standard InChI is InChI=1S/C20H18N4O6S2/c1-12-2-4-13(5-3-12)22-17(25)10-16-19(27)24(20(28)31-16)11-18(26)23-14-6-8-15(9-7-14)32(21,29)30/h2-10H,11H2,1H3,(H,22,25)(H,23,26)(H2,21,29,30)/b16-10+. The van der Waals surface area contributed by atoms with Crippen LogP contribution in [0.5, 0.6) is 0 Å². The van der Waals surface area contributed by atoms with E-state index in [4.69, 9.17) is 5.14 Å². The van der Waals surface area contributed by atoms with Crippen LogP contribution in [0.25, 0.3) is 0 Å². The zero-order chi connectivity index (χ0) is 23.5. The van der Waals surface area contributed by atoms with Gasteiger partial charge in [0.25, 0.3) is 11.1 Å². The van der Waals surface area contributed by atoms with Crippen molar-refractivity contribution in [2.75, 3.05) is 17.2 Å². The fourth-order valence-electron chi connectivity index (χ4n) is 2.64. The molecule has 0 radical (unpaired) electrons. The van der Waals surface area contributed by atoms with E-state index in [0.29, 0.717) is 22.3 Å². The van der Waals surface area contributed by atoms with Crippen molar-refractivity contribution in [1.29, 1.82) is 0 Å². The van der Waals surface area contributed by atoms with Gasteiger partial charge in [0.1, 0.15) is 6.54 Å². The topological polar surface area (TPSA) is 156 Å². The summed E-state index contributed by atoms with van der Waals surface area (Å²) in [4.78, 5) is 49.5. The highest BCUT2D eigenvalue weighted by Crippen LogP contribution is 2.30. The van der Waals surface area contributed by atoms with Crippen LogP contribution < -0.4 is 15.8 Å². The number of carbonyl (C=O) groups excluding carboxylic acids is 4. The zero-order valence-corrected chi connectivity index (χ0v) is 18.3. The predicted octanol–water partition coefficient (Wildman–Crippen LogP) is 1.80. The van der Waals surface area contributed by atoms with E-state index in [-0.39, 0.29) is 15.5 Å². The van der Waals surface area contributed by atoms with Crippen molar-refractivity contribution in [2.45, 2.75) is 11.8 Å². The molecule has 2 aromatic rings. The quantitative estimate of drug-likeness (QED) is 0.539. The lowest BCUT2D eigenvalue weighted by atomic mass is 10.2. The number of anilines is 2. The van der Waals surface area contributed by atoms with Crippen LogP contribution in [0, 0.1) is 6.92 Å². The molecule has 0 atom stereocenters. The fourth-order valence-corrected chi connectivity index (χ4v) is 3.97. The molecule has 2 aromatic carbocycles. The molecule has 10 nitrogen and oxygen atoms in total. The van der Waals surface area contributed by atoms with Crippen molar-refractivity contribution in [3.05, 3.63) is 65.1 Å². The number of carbonyl (C=O) groups is 4. The highest BCUT2D eigenvalue weighted by atomic mass is 32.2. The highest BCUT2D eigenvalue weighted by Gasteiger charge is 2.36. The number of nitrogens with one attached hydrogen (secondary N) is 2. The summed E-state index contributed by atoms with van der Waals surface area (Å²) < 4.78 is 22.5. The number of aryl methyl sites for hydroxylation is 1. The van der Waals surface area contributed by atoms with E-state index in [2.05, 4.69) is 10.6 Å². The van der Waals surface area contributed by atoms with Gasteiger partial charge in [0, 0.05) is 17.5 Å². The summed E-state index contributed by atoms with van der Waals surface area (Å²) >= 11 is 0.553. The van der Waals surface area contributed by atoms with Gasteiger partial charge in [-0.3, -0.25) is 24.1 Å². The van der Waals surface area contributed by atoms with Gasteiger partial charge in [0.05, 0.1) is 9.80 Å². The van der Waals surface area contributed by atoms with Crippen molar-refractivity contribution in [3.8, 4) is 0 Å². The van der Waals surface area contributed by atoms with Crippen LogP contribution in [-0.4, -0.2) is 42.8 Å². The summed E-state index contributed by atoms with van der Waals surface area (Å²) in [5, 5.41) is 9.37. The molecular weight excluding hydrogens is 456 g/mol. The van der Waals surface area contributed by atoms with Crippen LogP contribution in [0.3, 0.4) is 0 Å². The van der Waals surface area contributed by atoms with Crippen LogP contribution in [0.4, 0.5) is 16.2 Å². The molecule has 166 valence electrons. The average Bonchev–Trinajstić information content (AvgIpc) is 2.96. The lowest BCUT2D eigenvalue weighted by Crippen LogP contribution is -2.36. The molecule has 1 aliphatic rings.